The van der Waals surface area contributed by atoms with Crippen LogP contribution >= 0.6 is 15.9 Å². The van der Waals surface area contributed by atoms with Crippen LogP contribution in [-0.4, -0.2) is 34.1 Å². The Bertz CT molecular complexity index is 469. The molecule has 1 rings (SSSR count). The highest BCUT2D eigenvalue weighted by Crippen LogP contribution is 2.14. The van der Waals surface area contributed by atoms with Crippen molar-refractivity contribution in [2.75, 3.05) is 0 Å². The average molecular weight is 320 g/mol. The average Bonchev–Trinajstić information content (AvgIpc) is 2.70. The Morgan fingerprint density at radius 1 is 1.33 bits per heavy atom. The van der Waals surface area contributed by atoms with Gasteiger partial charge >= 0.3 is 11.9 Å². The van der Waals surface area contributed by atoms with Gasteiger partial charge in [0.05, 0.1) is 0 Å². The van der Waals surface area contributed by atoms with Crippen molar-refractivity contribution in [2.24, 2.45) is 0 Å². The summed E-state index contributed by atoms with van der Waals surface area (Å²) in [5.74, 6) is -3.19. The highest BCUT2D eigenvalue weighted by molar-refractivity contribution is 9.10. The normalized spacial score (nSPS) is 11.8. The summed E-state index contributed by atoms with van der Waals surface area (Å²) < 4.78 is 5.28. The minimum absolute atomic E-state index is 0.0524. The first-order chi connectivity index (χ1) is 8.40. The zero-order chi connectivity index (χ0) is 13.7. The van der Waals surface area contributed by atoms with Crippen molar-refractivity contribution in [3.63, 3.8) is 0 Å². The molecule has 0 bridgehead atoms. The van der Waals surface area contributed by atoms with Gasteiger partial charge in [0.25, 0.3) is 5.91 Å². The number of nitrogens with one attached hydrogen (secondary N) is 1. The zero-order valence-electron chi connectivity index (χ0n) is 9.05. The standard InChI is InChI=1S/C10H10BrNO6/c11-7-3-2-6(18-7)9(15)12-5(10(16)17)1-4-8(13)14/h2-3,5H,1,4H2,(H,12,15)(H,13,14)(H,16,17)/t5-/m0/s1. The smallest absolute Gasteiger partial charge is 0.326 e. The molecule has 1 heterocycles. The number of carbonyl (C=O) groups excluding carboxylic acids is 1. The molecule has 0 aliphatic heterocycles. The molecule has 18 heavy (non-hydrogen) atoms. The Kier molecular flexibility index (Phi) is 4.90. The van der Waals surface area contributed by atoms with Crippen LogP contribution in [0.2, 0.25) is 0 Å². The Morgan fingerprint density at radius 3 is 2.44 bits per heavy atom. The third kappa shape index (κ3) is 4.21. The van der Waals surface area contributed by atoms with Crippen LogP contribution in [-0.2, 0) is 9.59 Å². The Hall–Kier alpha value is -1.83. The van der Waals surface area contributed by atoms with E-state index in [1.807, 2.05) is 0 Å². The fourth-order valence-corrected chi connectivity index (χ4v) is 1.50. The third-order valence-corrected chi connectivity index (χ3v) is 2.47. The maximum atomic E-state index is 11.6. The fourth-order valence-electron chi connectivity index (χ4n) is 1.19. The molecule has 0 aromatic carbocycles. The van der Waals surface area contributed by atoms with E-state index in [1.54, 1.807) is 0 Å². The minimum Gasteiger partial charge on any atom is -0.481 e. The topological polar surface area (TPSA) is 117 Å². The highest BCUT2D eigenvalue weighted by atomic mass is 79.9. The van der Waals surface area contributed by atoms with Gasteiger partial charge in [0.1, 0.15) is 6.04 Å². The molecule has 98 valence electrons. The van der Waals surface area contributed by atoms with Crippen molar-refractivity contribution < 1.29 is 29.0 Å². The van der Waals surface area contributed by atoms with E-state index < -0.39 is 23.9 Å². The van der Waals surface area contributed by atoms with Crippen LogP contribution in [0.4, 0.5) is 0 Å². The third-order valence-electron chi connectivity index (χ3n) is 2.05. The summed E-state index contributed by atoms with van der Waals surface area (Å²) in [6.07, 6.45) is -0.544. The maximum Gasteiger partial charge on any atom is 0.326 e. The van der Waals surface area contributed by atoms with Crippen molar-refractivity contribution >= 4 is 33.8 Å². The summed E-state index contributed by atoms with van der Waals surface area (Å²) in [6, 6.07) is 1.59. The second-order valence-electron chi connectivity index (χ2n) is 3.40. The number of aliphatic carboxylic acids is 2. The zero-order valence-corrected chi connectivity index (χ0v) is 10.6. The molecule has 0 saturated heterocycles. The molecule has 0 spiro atoms. The van der Waals surface area contributed by atoms with E-state index in [0.717, 1.165) is 0 Å². The molecule has 1 aromatic heterocycles. The van der Waals surface area contributed by atoms with Crippen molar-refractivity contribution in [3.8, 4) is 0 Å². The molecule has 0 unspecified atom stereocenters. The Morgan fingerprint density at radius 2 is 2.00 bits per heavy atom. The van der Waals surface area contributed by atoms with Crippen molar-refractivity contribution in [1.82, 2.24) is 5.32 Å². The number of hydrogen-bond acceptors (Lipinski definition) is 4. The van der Waals surface area contributed by atoms with E-state index in [-0.39, 0.29) is 18.6 Å². The van der Waals surface area contributed by atoms with E-state index in [0.29, 0.717) is 4.67 Å². The first-order valence-electron chi connectivity index (χ1n) is 4.91. The summed E-state index contributed by atoms with van der Waals surface area (Å²) in [6.45, 7) is 0. The Balaban J connectivity index is 2.63. The molecular weight excluding hydrogens is 310 g/mol. The van der Waals surface area contributed by atoms with Gasteiger partial charge in [-0.05, 0) is 34.5 Å². The van der Waals surface area contributed by atoms with Gasteiger partial charge in [-0.1, -0.05) is 0 Å². The quantitative estimate of drug-likeness (QED) is 0.722. The summed E-state index contributed by atoms with van der Waals surface area (Å²) in [5, 5.41) is 19.5. The number of rotatable bonds is 6. The van der Waals surface area contributed by atoms with E-state index in [4.69, 9.17) is 14.6 Å². The lowest BCUT2D eigenvalue weighted by atomic mass is 10.1. The number of carbonyl (C=O) groups is 3. The number of halogens is 1. The van der Waals surface area contributed by atoms with Gasteiger partial charge in [-0.15, -0.1) is 0 Å². The molecule has 0 radical (unpaired) electrons. The molecule has 7 nitrogen and oxygen atoms in total. The lowest BCUT2D eigenvalue weighted by Crippen LogP contribution is -2.40. The van der Waals surface area contributed by atoms with Crippen molar-refractivity contribution in [3.05, 3.63) is 22.6 Å². The second kappa shape index (κ2) is 6.20. The van der Waals surface area contributed by atoms with Crippen LogP contribution in [0, 0.1) is 0 Å². The first-order valence-corrected chi connectivity index (χ1v) is 5.70. The van der Waals surface area contributed by atoms with Crippen LogP contribution in [0.5, 0.6) is 0 Å². The lowest BCUT2D eigenvalue weighted by Gasteiger charge is -2.12. The van der Waals surface area contributed by atoms with Crippen LogP contribution in [0.25, 0.3) is 0 Å². The summed E-state index contributed by atoms with van der Waals surface area (Å²) in [7, 11) is 0. The van der Waals surface area contributed by atoms with Crippen LogP contribution < -0.4 is 5.32 Å². The maximum absolute atomic E-state index is 11.6. The molecule has 3 N–H and O–H groups in total. The second-order valence-corrected chi connectivity index (χ2v) is 4.18. The van der Waals surface area contributed by atoms with Crippen LogP contribution in [0.3, 0.4) is 0 Å². The van der Waals surface area contributed by atoms with Gasteiger partial charge in [-0.25, -0.2) is 4.79 Å². The van der Waals surface area contributed by atoms with Gasteiger partial charge in [-0.3, -0.25) is 9.59 Å². The lowest BCUT2D eigenvalue weighted by molar-refractivity contribution is -0.140. The number of amides is 1. The van der Waals surface area contributed by atoms with Crippen molar-refractivity contribution in [2.45, 2.75) is 18.9 Å². The fraction of sp³-hybridized carbons (Fsp3) is 0.300. The van der Waals surface area contributed by atoms with Gasteiger partial charge < -0.3 is 19.9 Å². The summed E-state index contributed by atoms with van der Waals surface area (Å²) in [5.41, 5.74) is 0. The van der Waals surface area contributed by atoms with Crippen LogP contribution in [0.15, 0.2) is 21.2 Å². The van der Waals surface area contributed by atoms with E-state index >= 15 is 0 Å². The minimum atomic E-state index is -1.30. The number of carboxylic acids is 2. The van der Waals surface area contributed by atoms with E-state index in [2.05, 4.69) is 21.2 Å². The van der Waals surface area contributed by atoms with E-state index in [1.165, 1.54) is 12.1 Å². The molecule has 1 atom stereocenters. The number of carboxylic acid groups (broad SMARTS) is 2. The van der Waals surface area contributed by atoms with Crippen LogP contribution in [0.1, 0.15) is 23.4 Å². The largest absolute Gasteiger partial charge is 0.481 e. The molecule has 0 aliphatic rings. The summed E-state index contributed by atoms with van der Waals surface area (Å²) in [4.78, 5) is 32.8. The summed E-state index contributed by atoms with van der Waals surface area (Å²) >= 11 is 3.00. The van der Waals surface area contributed by atoms with E-state index in [9.17, 15) is 14.4 Å². The molecule has 0 fully saturated rings. The van der Waals surface area contributed by atoms with Gasteiger partial charge in [0.15, 0.2) is 10.4 Å². The SMILES string of the molecule is O=C(O)CC[C@H](NC(=O)c1ccc(Br)o1)C(=O)O. The number of furan rings is 1. The van der Waals surface area contributed by atoms with Gasteiger partial charge in [-0.2, -0.15) is 0 Å². The predicted octanol–water partition coefficient (Wildman–Crippen LogP) is 1.09. The number of hydrogen-bond donors (Lipinski definition) is 3. The molecular formula is C10H10BrNO6. The molecule has 0 saturated carbocycles. The Labute approximate surface area is 110 Å². The van der Waals surface area contributed by atoms with Gasteiger partial charge in [0.2, 0.25) is 0 Å². The highest BCUT2D eigenvalue weighted by Gasteiger charge is 2.22. The first kappa shape index (κ1) is 14.2. The molecule has 8 heteroatoms. The predicted molar refractivity (Wildman–Crippen MR) is 62.2 cm³/mol. The van der Waals surface area contributed by atoms with Crippen molar-refractivity contribution in [1.29, 1.82) is 0 Å². The molecule has 0 aliphatic carbocycles. The van der Waals surface area contributed by atoms with Gasteiger partial charge in [0, 0.05) is 6.42 Å². The monoisotopic (exact) mass is 319 g/mol. The molecule has 1 amide bonds. The molecule has 1 aromatic rings.